The third kappa shape index (κ3) is 3.77. The predicted octanol–water partition coefficient (Wildman–Crippen LogP) is 3.38. The van der Waals surface area contributed by atoms with Crippen molar-refractivity contribution in [3.8, 4) is 0 Å². The van der Waals surface area contributed by atoms with Crippen molar-refractivity contribution in [2.45, 2.75) is 31.4 Å². The van der Waals surface area contributed by atoms with Crippen LogP contribution in [0.1, 0.15) is 35.6 Å². The van der Waals surface area contributed by atoms with E-state index in [1.807, 2.05) is 0 Å². The predicted molar refractivity (Wildman–Crippen MR) is 82.3 cm³/mol. The van der Waals surface area contributed by atoms with Crippen molar-refractivity contribution in [3.63, 3.8) is 0 Å². The van der Waals surface area contributed by atoms with Crippen LogP contribution in [0.2, 0.25) is 0 Å². The van der Waals surface area contributed by atoms with Crippen LogP contribution in [-0.4, -0.2) is 34.1 Å². The summed E-state index contributed by atoms with van der Waals surface area (Å²) in [7, 11) is 0. The van der Waals surface area contributed by atoms with E-state index in [9.17, 15) is 18.0 Å². The van der Waals surface area contributed by atoms with E-state index < -0.39 is 11.7 Å². The quantitative estimate of drug-likeness (QED) is 0.933. The smallest absolute Gasteiger partial charge is 0.342 e. The van der Waals surface area contributed by atoms with E-state index >= 15 is 0 Å². The normalized spacial score (nSPS) is 16.4. The van der Waals surface area contributed by atoms with Gasteiger partial charge in [0.05, 0.1) is 12.0 Å². The fourth-order valence-corrected chi connectivity index (χ4v) is 3.06. The first-order valence-electron chi connectivity index (χ1n) is 7.86. The number of carbonyl (C=O) groups is 1. The van der Waals surface area contributed by atoms with Crippen molar-refractivity contribution in [1.82, 2.24) is 15.1 Å². The Hall–Kier alpha value is -2.31. The average molecular weight is 337 g/mol. The summed E-state index contributed by atoms with van der Waals surface area (Å²) in [4.78, 5) is 14.0. The molecule has 7 heteroatoms. The Morgan fingerprint density at radius 1 is 1.17 bits per heavy atom. The van der Waals surface area contributed by atoms with E-state index in [1.165, 1.54) is 0 Å². The monoisotopic (exact) mass is 337 g/mol. The summed E-state index contributed by atoms with van der Waals surface area (Å²) in [6.07, 6.45) is -0.869. The first-order chi connectivity index (χ1) is 11.4. The van der Waals surface area contributed by atoms with Gasteiger partial charge in [0, 0.05) is 25.0 Å². The van der Waals surface area contributed by atoms with Gasteiger partial charge in [-0.05, 0) is 42.5 Å². The second-order valence-electron chi connectivity index (χ2n) is 6.03. The number of nitrogens with one attached hydrogen (secondary N) is 1. The summed E-state index contributed by atoms with van der Waals surface area (Å²) < 4.78 is 37.8. The Morgan fingerprint density at radius 3 is 2.38 bits per heavy atom. The van der Waals surface area contributed by atoms with Gasteiger partial charge < -0.3 is 4.90 Å². The maximum absolute atomic E-state index is 12.6. The third-order valence-electron chi connectivity index (χ3n) is 4.46. The van der Waals surface area contributed by atoms with Gasteiger partial charge in [-0.25, -0.2) is 0 Å². The SMILES string of the molecule is O=C(Cc1ccn[nH]1)N1CCC(c2ccc(C(F)(F)F)cc2)CC1. The van der Waals surface area contributed by atoms with E-state index in [1.54, 1.807) is 29.3 Å². The molecule has 1 amide bonds. The van der Waals surface area contributed by atoms with Crippen LogP contribution < -0.4 is 0 Å². The van der Waals surface area contributed by atoms with Crippen LogP contribution in [0, 0.1) is 0 Å². The van der Waals surface area contributed by atoms with E-state index in [2.05, 4.69) is 10.2 Å². The van der Waals surface area contributed by atoms with Crippen molar-refractivity contribution in [2.75, 3.05) is 13.1 Å². The van der Waals surface area contributed by atoms with Crippen LogP contribution in [0.4, 0.5) is 13.2 Å². The molecule has 0 saturated carbocycles. The number of nitrogens with zero attached hydrogens (tertiary/aromatic N) is 2. The first-order valence-corrected chi connectivity index (χ1v) is 7.86. The molecule has 0 spiro atoms. The van der Waals surface area contributed by atoms with E-state index in [0.29, 0.717) is 19.5 Å². The number of piperidine rings is 1. The van der Waals surface area contributed by atoms with Crippen molar-refractivity contribution in [1.29, 1.82) is 0 Å². The molecule has 1 N–H and O–H groups in total. The van der Waals surface area contributed by atoms with Gasteiger partial charge in [-0.2, -0.15) is 18.3 Å². The van der Waals surface area contributed by atoms with Gasteiger partial charge in [0.15, 0.2) is 0 Å². The fraction of sp³-hybridized carbons (Fsp3) is 0.412. The Labute approximate surface area is 137 Å². The third-order valence-corrected chi connectivity index (χ3v) is 4.46. The van der Waals surface area contributed by atoms with Crippen molar-refractivity contribution >= 4 is 5.91 Å². The van der Waals surface area contributed by atoms with Crippen LogP contribution in [0.5, 0.6) is 0 Å². The van der Waals surface area contributed by atoms with Gasteiger partial charge in [-0.15, -0.1) is 0 Å². The number of alkyl halides is 3. The molecule has 3 rings (SSSR count). The largest absolute Gasteiger partial charge is 0.416 e. The number of rotatable bonds is 3. The number of hydrogen-bond acceptors (Lipinski definition) is 2. The zero-order valence-electron chi connectivity index (χ0n) is 13.0. The summed E-state index contributed by atoms with van der Waals surface area (Å²) in [5.41, 5.74) is 1.06. The highest BCUT2D eigenvalue weighted by molar-refractivity contribution is 5.78. The second-order valence-corrected chi connectivity index (χ2v) is 6.03. The number of H-pyrrole nitrogens is 1. The second kappa shape index (κ2) is 6.67. The molecule has 0 bridgehead atoms. The molecule has 128 valence electrons. The van der Waals surface area contributed by atoms with Crippen LogP contribution in [0.3, 0.4) is 0 Å². The maximum atomic E-state index is 12.6. The van der Waals surface area contributed by atoms with E-state index in [4.69, 9.17) is 0 Å². The molecular weight excluding hydrogens is 319 g/mol. The Balaban J connectivity index is 1.56. The molecule has 1 aliphatic rings. The maximum Gasteiger partial charge on any atom is 0.416 e. The molecule has 0 radical (unpaired) electrons. The van der Waals surface area contributed by atoms with Crippen molar-refractivity contribution < 1.29 is 18.0 Å². The molecule has 24 heavy (non-hydrogen) atoms. The Kier molecular flexibility index (Phi) is 4.59. The van der Waals surface area contributed by atoms with Gasteiger partial charge >= 0.3 is 6.18 Å². The van der Waals surface area contributed by atoms with E-state index in [0.717, 1.165) is 36.2 Å². The molecule has 2 aromatic rings. The van der Waals surface area contributed by atoms with Gasteiger partial charge in [0.2, 0.25) is 5.91 Å². The Morgan fingerprint density at radius 2 is 1.83 bits per heavy atom. The molecule has 2 heterocycles. The lowest BCUT2D eigenvalue weighted by atomic mass is 9.89. The minimum absolute atomic E-state index is 0.0464. The number of hydrogen-bond donors (Lipinski definition) is 1. The molecule has 0 atom stereocenters. The summed E-state index contributed by atoms with van der Waals surface area (Å²) in [5, 5.41) is 6.59. The molecular formula is C17H18F3N3O. The summed E-state index contributed by atoms with van der Waals surface area (Å²) in [6, 6.07) is 7.13. The molecule has 1 fully saturated rings. The van der Waals surface area contributed by atoms with E-state index in [-0.39, 0.29) is 11.8 Å². The molecule has 1 saturated heterocycles. The van der Waals surface area contributed by atoms with Gasteiger partial charge in [-0.1, -0.05) is 12.1 Å². The number of halogens is 3. The summed E-state index contributed by atoms with van der Waals surface area (Å²) in [5.74, 6) is 0.244. The molecule has 0 unspecified atom stereocenters. The highest BCUT2D eigenvalue weighted by Gasteiger charge is 2.30. The summed E-state index contributed by atoms with van der Waals surface area (Å²) >= 11 is 0. The fourth-order valence-electron chi connectivity index (χ4n) is 3.06. The van der Waals surface area contributed by atoms with Crippen LogP contribution in [-0.2, 0) is 17.4 Å². The number of benzene rings is 1. The van der Waals surface area contributed by atoms with Gasteiger partial charge in [0.25, 0.3) is 0 Å². The number of aromatic nitrogens is 2. The lowest BCUT2D eigenvalue weighted by Gasteiger charge is -2.32. The zero-order valence-corrected chi connectivity index (χ0v) is 13.0. The first kappa shape index (κ1) is 16.5. The van der Waals surface area contributed by atoms with Gasteiger partial charge in [0.1, 0.15) is 0 Å². The van der Waals surface area contributed by atoms with Crippen LogP contribution in [0.25, 0.3) is 0 Å². The minimum Gasteiger partial charge on any atom is -0.342 e. The van der Waals surface area contributed by atoms with Crippen LogP contribution in [0.15, 0.2) is 36.5 Å². The molecule has 4 nitrogen and oxygen atoms in total. The molecule has 1 aliphatic heterocycles. The number of aromatic amines is 1. The zero-order chi connectivity index (χ0) is 17.2. The van der Waals surface area contributed by atoms with Crippen molar-refractivity contribution in [2.24, 2.45) is 0 Å². The standard InChI is InChI=1S/C17H18F3N3O/c18-17(19,20)14-3-1-12(2-4-14)13-6-9-23(10-7-13)16(24)11-15-5-8-21-22-15/h1-5,8,13H,6-7,9-11H2,(H,21,22). The molecule has 1 aromatic heterocycles. The van der Waals surface area contributed by atoms with Crippen molar-refractivity contribution in [3.05, 3.63) is 53.3 Å². The highest BCUT2D eigenvalue weighted by atomic mass is 19.4. The number of likely N-dealkylation sites (tertiary alicyclic amines) is 1. The number of carbonyl (C=O) groups excluding carboxylic acids is 1. The number of amides is 1. The highest BCUT2D eigenvalue weighted by Crippen LogP contribution is 2.32. The minimum atomic E-state index is -4.30. The summed E-state index contributed by atoms with van der Waals surface area (Å²) in [6.45, 7) is 1.25. The van der Waals surface area contributed by atoms with Crippen LogP contribution >= 0.6 is 0 Å². The lowest BCUT2D eigenvalue weighted by Crippen LogP contribution is -2.38. The Bertz CT molecular complexity index is 672. The topological polar surface area (TPSA) is 49.0 Å². The molecule has 0 aliphatic carbocycles. The molecule has 1 aromatic carbocycles. The average Bonchev–Trinajstić information content (AvgIpc) is 3.07. The lowest BCUT2D eigenvalue weighted by molar-refractivity contribution is -0.137. The van der Waals surface area contributed by atoms with Gasteiger partial charge in [-0.3, -0.25) is 9.89 Å².